The van der Waals surface area contributed by atoms with E-state index in [9.17, 15) is 14.3 Å². The molecule has 22 heavy (non-hydrogen) atoms. The molecule has 1 unspecified atom stereocenters. The number of esters is 1. The Labute approximate surface area is 135 Å². The molecule has 0 saturated heterocycles. The summed E-state index contributed by atoms with van der Waals surface area (Å²) in [6.07, 6.45) is 1.50. The van der Waals surface area contributed by atoms with Gasteiger partial charge in [0.25, 0.3) is 0 Å². The molecule has 0 aliphatic carbocycles. The van der Waals surface area contributed by atoms with Crippen LogP contribution in [0.3, 0.4) is 0 Å². The van der Waals surface area contributed by atoms with E-state index in [2.05, 4.69) is 6.07 Å². The zero-order valence-electron chi connectivity index (χ0n) is 12.5. The van der Waals surface area contributed by atoms with E-state index in [1.54, 1.807) is 6.92 Å². The number of nitrogens with zero attached hydrogens (tertiary/aromatic N) is 1. The largest absolute Gasteiger partial charge is 0.462 e. The van der Waals surface area contributed by atoms with Crippen molar-refractivity contribution in [3.8, 4) is 17.2 Å². The molecule has 0 N–H and O–H groups in total. The highest BCUT2D eigenvalue weighted by Crippen LogP contribution is 2.38. The lowest BCUT2D eigenvalue weighted by atomic mass is 10.0. The summed E-state index contributed by atoms with van der Waals surface area (Å²) in [7, 11) is -1.34. The Kier molecular flexibility index (Phi) is 5.11. The van der Waals surface area contributed by atoms with Crippen LogP contribution in [0.25, 0.3) is 11.1 Å². The van der Waals surface area contributed by atoms with E-state index in [0.717, 1.165) is 22.5 Å². The highest BCUT2D eigenvalue weighted by atomic mass is 32.2. The molecule has 114 valence electrons. The van der Waals surface area contributed by atoms with Crippen molar-refractivity contribution in [2.24, 2.45) is 0 Å². The summed E-state index contributed by atoms with van der Waals surface area (Å²) in [5.41, 5.74) is 2.63. The Morgan fingerprint density at radius 2 is 2.00 bits per heavy atom. The molecule has 1 heterocycles. The molecular formula is C16H15NO3S2. The van der Waals surface area contributed by atoms with Crippen molar-refractivity contribution in [1.29, 1.82) is 5.26 Å². The van der Waals surface area contributed by atoms with Gasteiger partial charge in [0.05, 0.1) is 23.0 Å². The van der Waals surface area contributed by atoms with Gasteiger partial charge in [0, 0.05) is 11.8 Å². The number of benzene rings is 1. The van der Waals surface area contributed by atoms with E-state index >= 15 is 0 Å². The highest BCUT2D eigenvalue weighted by molar-refractivity contribution is 7.86. The maximum atomic E-state index is 12.2. The summed E-state index contributed by atoms with van der Waals surface area (Å²) in [5, 5.41) is 9.46. The SMILES string of the molecule is CCOC(=O)c1sc(S(C)=O)c(C#N)c1-c1ccc(C)cc1. The number of hydrogen-bond acceptors (Lipinski definition) is 5. The molecule has 4 nitrogen and oxygen atoms in total. The van der Waals surface area contributed by atoms with Crippen LogP contribution in [0.2, 0.25) is 0 Å². The Morgan fingerprint density at radius 1 is 1.36 bits per heavy atom. The van der Waals surface area contributed by atoms with Crippen molar-refractivity contribution in [3.63, 3.8) is 0 Å². The van der Waals surface area contributed by atoms with Crippen LogP contribution in [0.4, 0.5) is 0 Å². The van der Waals surface area contributed by atoms with Gasteiger partial charge in [-0.05, 0) is 19.4 Å². The van der Waals surface area contributed by atoms with Gasteiger partial charge in [-0.15, -0.1) is 11.3 Å². The molecular weight excluding hydrogens is 318 g/mol. The number of rotatable bonds is 4. The fraction of sp³-hybridized carbons (Fsp3) is 0.250. The second-order valence-electron chi connectivity index (χ2n) is 4.62. The van der Waals surface area contributed by atoms with Crippen LogP contribution in [-0.2, 0) is 15.5 Å². The summed E-state index contributed by atoms with van der Waals surface area (Å²) in [6, 6.07) is 9.60. The molecule has 1 atom stereocenters. The van der Waals surface area contributed by atoms with Crippen molar-refractivity contribution in [3.05, 3.63) is 40.3 Å². The van der Waals surface area contributed by atoms with E-state index in [1.807, 2.05) is 31.2 Å². The first-order valence-corrected chi connectivity index (χ1v) is 9.01. The highest BCUT2D eigenvalue weighted by Gasteiger charge is 2.26. The van der Waals surface area contributed by atoms with E-state index in [1.165, 1.54) is 6.26 Å². The molecule has 1 aromatic heterocycles. The maximum Gasteiger partial charge on any atom is 0.349 e. The lowest BCUT2D eigenvalue weighted by molar-refractivity contribution is 0.0533. The summed E-state index contributed by atoms with van der Waals surface area (Å²) in [5.74, 6) is -0.490. The summed E-state index contributed by atoms with van der Waals surface area (Å²) in [6.45, 7) is 3.93. The third-order valence-electron chi connectivity index (χ3n) is 3.05. The van der Waals surface area contributed by atoms with Crippen LogP contribution in [0.5, 0.6) is 0 Å². The second kappa shape index (κ2) is 6.86. The number of nitriles is 1. The van der Waals surface area contributed by atoms with Gasteiger partial charge in [-0.3, -0.25) is 4.21 Å². The molecule has 0 amide bonds. The van der Waals surface area contributed by atoms with Gasteiger partial charge in [0.15, 0.2) is 0 Å². The van der Waals surface area contributed by atoms with Crippen LogP contribution >= 0.6 is 11.3 Å². The lowest BCUT2D eigenvalue weighted by Gasteiger charge is -2.05. The zero-order chi connectivity index (χ0) is 16.3. The molecule has 6 heteroatoms. The molecule has 0 aliphatic rings. The predicted octanol–water partition coefficient (Wildman–Crippen LogP) is 3.51. The first kappa shape index (κ1) is 16.4. The van der Waals surface area contributed by atoms with Gasteiger partial charge in [-0.25, -0.2) is 4.79 Å². The van der Waals surface area contributed by atoms with E-state index in [-0.39, 0.29) is 12.2 Å². The molecule has 0 aliphatic heterocycles. The van der Waals surface area contributed by atoms with E-state index < -0.39 is 16.8 Å². The Balaban J connectivity index is 2.73. The lowest BCUT2D eigenvalue weighted by Crippen LogP contribution is -2.04. The molecule has 0 fully saturated rings. The number of carbonyl (C=O) groups excluding carboxylic acids is 1. The van der Waals surface area contributed by atoms with Gasteiger partial charge in [-0.2, -0.15) is 5.26 Å². The smallest absolute Gasteiger partial charge is 0.349 e. The number of ether oxygens (including phenoxy) is 1. The Bertz CT molecular complexity index is 770. The van der Waals surface area contributed by atoms with Crippen LogP contribution in [0.1, 0.15) is 27.7 Å². The topological polar surface area (TPSA) is 67.2 Å². The van der Waals surface area contributed by atoms with Crippen LogP contribution in [-0.4, -0.2) is 23.0 Å². The Hall–Kier alpha value is -1.97. The number of aryl methyl sites for hydroxylation is 1. The first-order chi connectivity index (χ1) is 10.5. The van der Waals surface area contributed by atoms with Crippen LogP contribution in [0, 0.1) is 18.3 Å². The van der Waals surface area contributed by atoms with Gasteiger partial charge in [-0.1, -0.05) is 29.8 Å². The molecule has 0 radical (unpaired) electrons. The van der Waals surface area contributed by atoms with Gasteiger partial charge < -0.3 is 4.74 Å². The van der Waals surface area contributed by atoms with Crippen molar-refractivity contribution in [2.45, 2.75) is 18.1 Å². The number of hydrogen-bond donors (Lipinski definition) is 0. The number of carbonyl (C=O) groups is 1. The van der Waals surface area contributed by atoms with Gasteiger partial charge in [0.1, 0.15) is 15.2 Å². The fourth-order valence-electron chi connectivity index (χ4n) is 2.05. The monoisotopic (exact) mass is 333 g/mol. The van der Waals surface area contributed by atoms with Crippen molar-refractivity contribution in [1.82, 2.24) is 0 Å². The normalized spacial score (nSPS) is 11.7. The Morgan fingerprint density at radius 3 is 2.50 bits per heavy atom. The van der Waals surface area contributed by atoms with Gasteiger partial charge >= 0.3 is 5.97 Å². The molecule has 0 saturated carbocycles. The number of thiophene rings is 1. The zero-order valence-corrected chi connectivity index (χ0v) is 14.1. The molecule has 1 aromatic carbocycles. The van der Waals surface area contributed by atoms with Crippen molar-refractivity contribution >= 4 is 28.1 Å². The van der Waals surface area contributed by atoms with E-state index in [4.69, 9.17) is 4.74 Å². The quantitative estimate of drug-likeness (QED) is 0.803. The molecule has 2 aromatic rings. The average Bonchev–Trinajstić information content (AvgIpc) is 2.88. The minimum atomic E-state index is -1.34. The second-order valence-corrected chi connectivity index (χ2v) is 7.22. The van der Waals surface area contributed by atoms with Crippen molar-refractivity contribution < 1.29 is 13.7 Å². The van der Waals surface area contributed by atoms with Gasteiger partial charge in [0.2, 0.25) is 0 Å². The minimum Gasteiger partial charge on any atom is -0.462 e. The average molecular weight is 333 g/mol. The van der Waals surface area contributed by atoms with Crippen molar-refractivity contribution in [2.75, 3.05) is 12.9 Å². The minimum absolute atomic E-state index is 0.247. The van der Waals surface area contributed by atoms with Crippen LogP contribution in [0.15, 0.2) is 28.5 Å². The summed E-state index contributed by atoms with van der Waals surface area (Å²) < 4.78 is 17.3. The summed E-state index contributed by atoms with van der Waals surface area (Å²) in [4.78, 5) is 12.5. The fourth-order valence-corrected chi connectivity index (χ4v) is 4.10. The van der Waals surface area contributed by atoms with Crippen LogP contribution < -0.4 is 0 Å². The third kappa shape index (κ3) is 3.11. The molecule has 2 rings (SSSR count). The predicted molar refractivity (Wildman–Crippen MR) is 87.5 cm³/mol. The molecule has 0 bridgehead atoms. The first-order valence-electron chi connectivity index (χ1n) is 6.64. The van der Waals surface area contributed by atoms with E-state index in [0.29, 0.717) is 14.6 Å². The molecule has 0 spiro atoms. The third-order valence-corrected chi connectivity index (χ3v) is 5.69. The summed E-state index contributed by atoms with van der Waals surface area (Å²) >= 11 is 1.07. The standard InChI is InChI=1S/C16H15NO3S2/c1-4-20-15(18)14-13(11-7-5-10(2)6-8-11)12(9-17)16(21-14)22(3)19/h5-8H,4H2,1-3H3. The maximum absolute atomic E-state index is 12.2.